The Morgan fingerprint density at radius 1 is 0.914 bits per heavy atom. The Labute approximate surface area is 218 Å². The number of ether oxygens (including phenoxy) is 1. The summed E-state index contributed by atoms with van der Waals surface area (Å²) >= 11 is 18.2. The number of sulfonamides is 1. The average molecular weight is 551 g/mol. The van der Waals surface area contributed by atoms with Crippen molar-refractivity contribution < 1.29 is 17.9 Å². The van der Waals surface area contributed by atoms with Gasteiger partial charge in [0.25, 0.3) is 5.91 Å². The van der Waals surface area contributed by atoms with Crippen LogP contribution in [0.5, 0.6) is 11.5 Å². The number of nitriles is 1. The standard InChI is InChI=1S/C24H18Cl3N3O4S/c25-17-12-18(26)14-19(13-17)34-22-6-5-16(15-28)11-23(22)35(32,33)30-9-7-29(8-10-30)24(31)20-3-1-2-4-21(20)27/h1-6,11-14H,7-10H2. The lowest BCUT2D eigenvalue weighted by Gasteiger charge is -2.34. The number of amides is 1. The Morgan fingerprint density at radius 3 is 2.20 bits per heavy atom. The topological polar surface area (TPSA) is 90.7 Å². The van der Waals surface area contributed by atoms with Crippen LogP contribution in [0, 0.1) is 11.3 Å². The van der Waals surface area contributed by atoms with Gasteiger partial charge < -0.3 is 9.64 Å². The molecule has 0 atom stereocenters. The zero-order chi connectivity index (χ0) is 25.2. The summed E-state index contributed by atoms with van der Waals surface area (Å²) in [5.41, 5.74) is 0.524. The quantitative estimate of drug-likeness (QED) is 0.421. The minimum Gasteiger partial charge on any atom is -0.456 e. The minimum atomic E-state index is -4.06. The van der Waals surface area contributed by atoms with Crippen molar-refractivity contribution in [2.45, 2.75) is 4.90 Å². The van der Waals surface area contributed by atoms with Crippen LogP contribution in [-0.4, -0.2) is 49.7 Å². The lowest BCUT2D eigenvalue weighted by molar-refractivity contribution is 0.0698. The lowest BCUT2D eigenvalue weighted by atomic mass is 10.2. The molecule has 1 aliphatic rings. The van der Waals surface area contributed by atoms with Crippen LogP contribution in [0.1, 0.15) is 15.9 Å². The third kappa shape index (κ3) is 5.56. The van der Waals surface area contributed by atoms with Crippen molar-refractivity contribution in [2.24, 2.45) is 0 Å². The number of nitrogens with zero attached hydrogens (tertiary/aromatic N) is 3. The van der Waals surface area contributed by atoms with Crippen LogP contribution in [0.15, 0.2) is 65.6 Å². The van der Waals surface area contributed by atoms with E-state index in [0.29, 0.717) is 20.6 Å². The monoisotopic (exact) mass is 549 g/mol. The van der Waals surface area contributed by atoms with Crippen molar-refractivity contribution in [3.63, 3.8) is 0 Å². The van der Waals surface area contributed by atoms with Gasteiger partial charge in [-0.25, -0.2) is 8.42 Å². The van der Waals surface area contributed by atoms with Crippen molar-refractivity contribution >= 4 is 50.7 Å². The Morgan fingerprint density at radius 2 is 1.57 bits per heavy atom. The maximum atomic E-state index is 13.6. The van der Waals surface area contributed by atoms with E-state index >= 15 is 0 Å². The maximum Gasteiger partial charge on any atom is 0.255 e. The molecule has 35 heavy (non-hydrogen) atoms. The smallest absolute Gasteiger partial charge is 0.255 e. The zero-order valence-electron chi connectivity index (χ0n) is 18.1. The fourth-order valence-electron chi connectivity index (χ4n) is 3.65. The van der Waals surface area contributed by atoms with Crippen LogP contribution in [0.2, 0.25) is 15.1 Å². The molecular weight excluding hydrogens is 533 g/mol. The van der Waals surface area contributed by atoms with Gasteiger partial charge in [-0.1, -0.05) is 46.9 Å². The number of carbonyl (C=O) groups is 1. The molecule has 1 fully saturated rings. The van der Waals surface area contributed by atoms with E-state index in [4.69, 9.17) is 39.5 Å². The Hall–Kier alpha value is -2.80. The number of hydrogen-bond acceptors (Lipinski definition) is 5. The van der Waals surface area contributed by atoms with E-state index in [9.17, 15) is 18.5 Å². The molecule has 0 spiro atoms. The second kappa shape index (κ2) is 10.4. The van der Waals surface area contributed by atoms with E-state index in [-0.39, 0.29) is 54.0 Å². The number of benzene rings is 3. The van der Waals surface area contributed by atoms with E-state index < -0.39 is 10.0 Å². The summed E-state index contributed by atoms with van der Waals surface area (Å²) in [7, 11) is -4.06. The van der Waals surface area contributed by atoms with E-state index in [2.05, 4.69) is 0 Å². The van der Waals surface area contributed by atoms with Gasteiger partial charge in [0.1, 0.15) is 16.4 Å². The molecule has 1 saturated heterocycles. The first kappa shape index (κ1) is 25.3. The zero-order valence-corrected chi connectivity index (χ0v) is 21.2. The fraction of sp³-hybridized carbons (Fsp3) is 0.167. The Bertz CT molecular complexity index is 1410. The summed E-state index contributed by atoms with van der Waals surface area (Å²) in [6.45, 7) is 0.498. The molecule has 1 heterocycles. The molecular formula is C24H18Cl3N3O4S. The maximum absolute atomic E-state index is 13.6. The molecule has 0 unspecified atom stereocenters. The van der Waals surface area contributed by atoms with E-state index in [1.165, 1.54) is 40.7 Å². The van der Waals surface area contributed by atoms with Crippen molar-refractivity contribution in [3.05, 3.63) is 86.9 Å². The normalized spacial score (nSPS) is 14.4. The Balaban J connectivity index is 1.58. The highest BCUT2D eigenvalue weighted by atomic mass is 35.5. The summed E-state index contributed by atoms with van der Waals surface area (Å²) in [5.74, 6) is 0.0108. The number of rotatable bonds is 5. The van der Waals surface area contributed by atoms with Crippen LogP contribution in [-0.2, 0) is 10.0 Å². The first-order valence-electron chi connectivity index (χ1n) is 10.4. The molecule has 3 aromatic carbocycles. The van der Waals surface area contributed by atoms with E-state index in [1.807, 2.05) is 6.07 Å². The fourth-order valence-corrected chi connectivity index (χ4v) is 5.94. The van der Waals surface area contributed by atoms with E-state index in [1.54, 1.807) is 29.2 Å². The second-order valence-corrected chi connectivity index (χ2v) is 10.8. The molecule has 1 amide bonds. The molecule has 0 aliphatic carbocycles. The minimum absolute atomic E-state index is 0.0249. The summed E-state index contributed by atoms with van der Waals surface area (Å²) in [6.07, 6.45) is 0. The number of hydrogen-bond donors (Lipinski definition) is 0. The highest BCUT2D eigenvalue weighted by molar-refractivity contribution is 7.89. The summed E-state index contributed by atoms with van der Waals surface area (Å²) < 4.78 is 34.2. The highest BCUT2D eigenvalue weighted by Gasteiger charge is 2.33. The predicted molar refractivity (Wildman–Crippen MR) is 134 cm³/mol. The first-order valence-corrected chi connectivity index (χ1v) is 13.0. The third-order valence-electron chi connectivity index (χ3n) is 5.38. The second-order valence-electron chi connectivity index (χ2n) is 7.66. The molecule has 7 nitrogen and oxygen atoms in total. The van der Waals surface area contributed by atoms with Crippen molar-refractivity contribution in [1.29, 1.82) is 5.26 Å². The van der Waals surface area contributed by atoms with Crippen molar-refractivity contribution in [1.82, 2.24) is 9.21 Å². The molecule has 3 aromatic rings. The van der Waals surface area contributed by atoms with Crippen molar-refractivity contribution in [3.8, 4) is 17.6 Å². The molecule has 0 saturated carbocycles. The van der Waals surface area contributed by atoms with Crippen LogP contribution < -0.4 is 4.74 Å². The molecule has 0 radical (unpaired) electrons. The molecule has 11 heteroatoms. The van der Waals surface area contributed by atoms with Gasteiger partial charge in [-0.15, -0.1) is 0 Å². The van der Waals surface area contributed by atoms with Gasteiger partial charge in [-0.3, -0.25) is 4.79 Å². The molecule has 180 valence electrons. The summed E-state index contributed by atoms with van der Waals surface area (Å²) in [5, 5.41) is 10.3. The van der Waals surface area contributed by atoms with Gasteiger partial charge >= 0.3 is 0 Å². The molecule has 1 aliphatic heterocycles. The summed E-state index contributed by atoms with van der Waals surface area (Å²) in [6, 6.07) is 17.3. The number of piperazine rings is 1. The van der Waals surface area contributed by atoms with E-state index in [0.717, 1.165) is 0 Å². The van der Waals surface area contributed by atoms with Gasteiger partial charge in [-0.2, -0.15) is 9.57 Å². The van der Waals surface area contributed by atoms with Gasteiger partial charge in [0, 0.05) is 36.2 Å². The van der Waals surface area contributed by atoms with Gasteiger partial charge in [0.05, 0.1) is 22.2 Å². The number of halogens is 3. The third-order valence-corrected chi connectivity index (χ3v) is 8.07. The predicted octanol–water partition coefficient (Wildman–Crippen LogP) is 5.46. The first-order chi connectivity index (χ1) is 16.7. The van der Waals surface area contributed by atoms with Crippen LogP contribution >= 0.6 is 34.8 Å². The molecule has 4 rings (SSSR count). The molecule has 0 N–H and O–H groups in total. The van der Waals surface area contributed by atoms with Crippen molar-refractivity contribution in [2.75, 3.05) is 26.2 Å². The van der Waals surface area contributed by atoms with Gasteiger partial charge in [0.15, 0.2) is 0 Å². The number of carbonyl (C=O) groups excluding carboxylic acids is 1. The van der Waals surface area contributed by atoms with Gasteiger partial charge in [-0.05, 0) is 48.5 Å². The molecule has 0 bridgehead atoms. The SMILES string of the molecule is N#Cc1ccc(Oc2cc(Cl)cc(Cl)c2)c(S(=O)(=O)N2CCN(C(=O)c3ccccc3Cl)CC2)c1. The van der Waals surface area contributed by atoms with Crippen LogP contribution in [0.25, 0.3) is 0 Å². The van der Waals surface area contributed by atoms with Gasteiger partial charge in [0.2, 0.25) is 10.0 Å². The Kier molecular flexibility index (Phi) is 7.55. The lowest BCUT2D eigenvalue weighted by Crippen LogP contribution is -2.50. The van der Waals surface area contributed by atoms with Crippen LogP contribution in [0.3, 0.4) is 0 Å². The molecule has 0 aromatic heterocycles. The summed E-state index contributed by atoms with van der Waals surface area (Å²) in [4.78, 5) is 14.2. The largest absolute Gasteiger partial charge is 0.456 e. The highest BCUT2D eigenvalue weighted by Crippen LogP contribution is 2.34. The average Bonchev–Trinajstić information content (AvgIpc) is 2.83. The van der Waals surface area contributed by atoms with Crippen LogP contribution in [0.4, 0.5) is 0 Å².